The van der Waals surface area contributed by atoms with Gasteiger partial charge in [-0.1, -0.05) is 46.0 Å². The summed E-state index contributed by atoms with van der Waals surface area (Å²) in [6, 6.07) is 0. The van der Waals surface area contributed by atoms with Crippen molar-refractivity contribution < 1.29 is 0 Å². The Morgan fingerprint density at radius 3 is 2.71 bits per heavy atom. The molecular formula is C12H22N2. The normalized spacial score (nSPS) is 13.0. The van der Waals surface area contributed by atoms with E-state index >= 15 is 0 Å². The van der Waals surface area contributed by atoms with Crippen molar-refractivity contribution in [2.24, 2.45) is 0 Å². The van der Waals surface area contributed by atoms with Crippen molar-refractivity contribution in [3.8, 4) is 0 Å². The molecule has 1 aromatic rings. The van der Waals surface area contributed by atoms with Crippen LogP contribution in [0.15, 0.2) is 12.5 Å². The first-order valence-corrected chi connectivity index (χ1v) is 5.83. The average Bonchev–Trinajstić information content (AvgIpc) is 2.70. The van der Waals surface area contributed by atoms with E-state index in [1.54, 1.807) is 6.33 Å². The number of nitrogens with one attached hydrogen (secondary N) is 1. The standard InChI is InChI=1S/C12H22N2/c1-3-4-5-6-7-8-11(2)12-9-13-10-14-12/h9-11H,3-8H2,1-2H3,(H,13,14). The fourth-order valence-corrected chi connectivity index (χ4v) is 1.75. The first-order valence-electron chi connectivity index (χ1n) is 5.83. The van der Waals surface area contributed by atoms with Gasteiger partial charge in [0.25, 0.3) is 0 Å². The number of nitrogens with zero attached hydrogens (tertiary/aromatic N) is 1. The maximum absolute atomic E-state index is 4.05. The fraction of sp³-hybridized carbons (Fsp3) is 0.750. The van der Waals surface area contributed by atoms with Gasteiger partial charge in [0.05, 0.1) is 6.33 Å². The molecule has 0 bridgehead atoms. The average molecular weight is 194 g/mol. The number of hydrogen-bond acceptors (Lipinski definition) is 1. The van der Waals surface area contributed by atoms with Gasteiger partial charge in [0.1, 0.15) is 0 Å². The highest BCUT2D eigenvalue weighted by molar-refractivity contribution is 5.01. The van der Waals surface area contributed by atoms with E-state index in [-0.39, 0.29) is 0 Å². The third-order valence-corrected chi connectivity index (χ3v) is 2.79. The molecule has 2 nitrogen and oxygen atoms in total. The summed E-state index contributed by atoms with van der Waals surface area (Å²) in [6.45, 7) is 4.53. The van der Waals surface area contributed by atoms with Crippen LogP contribution in [-0.2, 0) is 0 Å². The summed E-state index contributed by atoms with van der Waals surface area (Å²) in [5, 5.41) is 0. The maximum atomic E-state index is 4.05. The fourth-order valence-electron chi connectivity index (χ4n) is 1.75. The summed E-state index contributed by atoms with van der Waals surface area (Å²) in [5.74, 6) is 0.638. The summed E-state index contributed by atoms with van der Waals surface area (Å²) in [6.07, 6.45) is 11.8. The summed E-state index contributed by atoms with van der Waals surface area (Å²) in [5.41, 5.74) is 1.28. The second kappa shape index (κ2) is 6.63. The summed E-state index contributed by atoms with van der Waals surface area (Å²) in [7, 11) is 0. The number of H-pyrrole nitrogens is 1. The van der Waals surface area contributed by atoms with Gasteiger partial charge in [-0.3, -0.25) is 0 Å². The van der Waals surface area contributed by atoms with Crippen LogP contribution in [0.4, 0.5) is 0 Å². The number of unbranched alkanes of at least 4 members (excludes halogenated alkanes) is 4. The molecule has 0 aliphatic rings. The lowest BCUT2D eigenvalue weighted by Gasteiger charge is -2.08. The molecule has 1 heterocycles. The van der Waals surface area contributed by atoms with E-state index < -0.39 is 0 Å². The number of aromatic amines is 1. The Labute approximate surface area is 87.1 Å². The van der Waals surface area contributed by atoms with Gasteiger partial charge in [-0.2, -0.15) is 0 Å². The lowest BCUT2D eigenvalue weighted by molar-refractivity contribution is 0.561. The largest absolute Gasteiger partial charge is 0.348 e. The number of aromatic nitrogens is 2. The van der Waals surface area contributed by atoms with Crippen molar-refractivity contribution in [2.75, 3.05) is 0 Å². The molecule has 0 aliphatic heterocycles. The number of rotatable bonds is 7. The molecule has 80 valence electrons. The van der Waals surface area contributed by atoms with Crippen molar-refractivity contribution in [1.29, 1.82) is 0 Å². The highest BCUT2D eigenvalue weighted by atomic mass is 14.9. The first-order chi connectivity index (χ1) is 6.84. The molecule has 0 aromatic carbocycles. The molecule has 0 spiro atoms. The lowest BCUT2D eigenvalue weighted by atomic mass is 10.00. The predicted molar refractivity (Wildman–Crippen MR) is 60.4 cm³/mol. The maximum Gasteiger partial charge on any atom is 0.0921 e. The molecule has 1 rings (SSSR count). The molecule has 1 N–H and O–H groups in total. The van der Waals surface area contributed by atoms with Gasteiger partial charge < -0.3 is 4.98 Å². The van der Waals surface area contributed by atoms with Crippen molar-refractivity contribution in [1.82, 2.24) is 9.97 Å². The molecule has 0 saturated carbocycles. The zero-order chi connectivity index (χ0) is 10.2. The zero-order valence-electron chi connectivity index (χ0n) is 9.42. The Balaban J connectivity index is 2.07. The van der Waals surface area contributed by atoms with Crippen LogP contribution in [0, 0.1) is 0 Å². The molecule has 0 aliphatic carbocycles. The van der Waals surface area contributed by atoms with Crippen LogP contribution < -0.4 is 0 Å². The van der Waals surface area contributed by atoms with Crippen molar-refractivity contribution in [3.63, 3.8) is 0 Å². The molecule has 14 heavy (non-hydrogen) atoms. The Morgan fingerprint density at radius 2 is 2.07 bits per heavy atom. The molecule has 2 heteroatoms. The molecule has 0 fully saturated rings. The SMILES string of the molecule is CCCCCCCC(C)c1cnc[nH]1. The second-order valence-corrected chi connectivity index (χ2v) is 4.11. The van der Waals surface area contributed by atoms with E-state index in [0.29, 0.717) is 5.92 Å². The molecule has 1 unspecified atom stereocenters. The zero-order valence-corrected chi connectivity index (χ0v) is 9.42. The van der Waals surface area contributed by atoms with Gasteiger partial charge in [-0.05, 0) is 12.3 Å². The van der Waals surface area contributed by atoms with Crippen LogP contribution in [0.1, 0.15) is 64.0 Å². The van der Waals surface area contributed by atoms with E-state index in [1.807, 2.05) is 6.20 Å². The van der Waals surface area contributed by atoms with E-state index in [2.05, 4.69) is 23.8 Å². The van der Waals surface area contributed by atoms with Gasteiger partial charge in [-0.25, -0.2) is 4.98 Å². The Hall–Kier alpha value is -0.790. The summed E-state index contributed by atoms with van der Waals surface area (Å²) >= 11 is 0. The van der Waals surface area contributed by atoms with Crippen LogP contribution in [0.2, 0.25) is 0 Å². The predicted octanol–water partition coefficient (Wildman–Crippen LogP) is 3.87. The topological polar surface area (TPSA) is 28.7 Å². The number of imidazole rings is 1. The molecule has 0 radical (unpaired) electrons. The Morgan fingerprint density at radius 1 is 1.29 bits per heavy atom. The van der Waals surface area contributed by atoms with Crippen LogP contribution >= 0.6 is 0 Å². The van der Waals surface area contributed by atoms with Crippen LogP contribution in [-0.4, -0.2) is 9.97 Å². The highest BCUT2D eigenvalue weighted by Gasteiger charge is 2.05. The number of hydrogen-bond donors (Lipinski definition) is 1. The van der Waals surface area contributed by atoms with Crippen molar-refractivity contribution in [3.05, 3.63) is 18.2 Å². The summed E-state index contributed by atoms with van der Waals surface area (Å²) < 4.78 is 0. The highest BCUT2D eigenvalue weighted by Crippen LogP contribution is 2.19. The van der Waals surface area contributed by atoms with Crippen molar-refractivity contribution >= 4 is 0 Å². The second-order valence-electron chi connectivity index (χ2n) is 4.11. The molecule has 1 aromatic heterocycles. The van der Waals surface area contributed by atoms with Crippen LogP contribution in [0.3, 0.4) is 0 Å². The molecule has 0 saturated heterocycles. The van der Waals surface area contributed by atoms with Gasteiger partial charge in [0, 0.05) is 11.9 Å². The minimum absolute atomic E-state index is 0.638. The minimum Gasteiger partial charge on any atom is -0.348 e. The summed E-state index contributed by atoms with van der Waals surface area (Å²) in [4.78, 5) is 7.22. The monoisotopic (exact) mass is 194 g/mol. The van der Waals surface area contributed by atoms with Gasteiger partial charge in [0.2, 0.25) is 0 Å². The Bertz CT molecular complexity index is 216. The third kappa shape index (κ3) is 3.95. The van der Waals surface area contributed by atoms with Crippen molar-refractivity contribution in [2.45, 2.75) is 58.3 Å². The molecular weight excluding hydrogens is 172 g/mol. The lowest BCUT2D eigenvalue weighted by Crippen LogP contribution is -1.93. The van der Waals surface area contributed by atoms with Gasteiger partial charge in [-0.15, -0.1) is 0 Å². The molecule has 0 amide bonds. The van der Waals surface area contributed by atoms with E-state index in [0.717, 1.165) is 0 Å². The Kier molecular flexibility index (Phi) is 5.35. The van der Waals surface area contributed by atoms with Gasteiger partial charge in [0.15, 0.2) is 0 Å². The quantitative estimate of drug-likeness (QED) is 0.656. The van der Waals surface area contributed by atoms with E-state index in [1.165, 1.54) is 44.2 Å². The minimum atomic E-state index is 0.638. The third-order valence-electron chi connectivity index (χ3n) is 2.79. The first kappa shape index (κ1) is 11.3. The smallest absolute Gasteiger partial charge is 0.0921 e. The van der Waals surface area contributed by atoms with E-state index in [9.17, 15) is 0 Å². The molecule has 1 atom stereocenters. The van der Waals surface area contributed by atoms with Crippen LogP contribution in [0.5, 0.6) is 0 Å². The van der Waals surface area contributed by atoms with Crippen LogP contribution in [0.25, 0.3) is 0 Å². The van der Waals surface area contributed by atoms with E-state index in [4.69, 9.17) is 0 Å². The van der Waals surface area contributed by atoms with Gasteiger partial charge >= 0.3 is 0 Å².